The van der Waals surface area contributed by atoms with Crippen molar-refractivity contribution < 1.29 is 14.3 Å². The lowest BCUT2D eigenvalue weighted by atomic mass is 10.0. The average molecular weight is 441 g/mol. The van der Waals surface area contributed by atoms with Crippen LogP contribution < -0.4 is 15.0 Å². The van der Waals surface area contributed by atoms with Crippen molar-refractivity contribution in [3.63, 3.8) is 0 Å². The van der Waals surface area contributed by atoms with Crippen molar-refractivity contribution in [2.45, 2.75) is 34.1 Å². The number of nitrogens with zero attached hydrogens (tertiary/aromatic N) is 1. The van der Waals surface area contributed by atoms with Gasteiger partial charge in [0, 0.05) is 5.69 Å². The molecule has 1 aliphatic heterocycles. The zero-order valence-corrected chi connectivity index (χ0v) is 19.4. The Hall–Kier alpha value is -3.86. The van der Waals surface area contributed by atoms with Gasteiger partial charge in [-0.1, -0.05) is 43.3 Å². The fourth-order valence-electron chi connectivity index (χ4n) is 3.95. The molecule has 5 nitrogen and oxygen atoms in total. The van der Waals surface area contributed by atoms with Crippen LogP contribution >= 0.6 is 0 Å². The van der Waals surface area contributed by atoms with Crippen LogP contribution in [0.15, 0.2) is 72.4 Å². The molecule has 3 aromatic carbocycles. The molecule has 2 amide bonds. The maximum Gasteiger partial charge on any atom is 0.282 e. The first-order valence-electron chi connectivity index (χ1n) is 11.2. The maximum absolute atomic E-state index is 13.7. The number of ether oxygens (including phenoxy) is 1. The van der Waals surface area contributed by atoms with Gasteiger partial charge < -0.3 is 10.1 Å². The van der Waals surface area contributed by atoms with E-state index in [0.717, 1.165) is 29.0 Å². The Morgan fingerprint density at radius 1 is 0.848 bits per heavy atom. The third-order valence-electron chi connectivity index (χ3n) is 5.77. The molecule has 0 bridgehead atoms. The van der Waals surface area contributed by atoms with E-state index >= 15 is 0 Å². The molecule has 168 valence electrons. The molecule has 5 heteroatoms. The minimum Gasteiger partial charge on any atom is -0.494 e. The number of rotatable bonds is 7. The summed E-state index contributed by atoms with van der Waals surface area (Å²) >= 11 is 0. The van der Waals surface area contributed by atoms with Gasteiger partial charge in [-0.2, -0.15) is 0 Å². The Morgan fingerprint density at radius 3 is 2.18 bits per heavy atom. The van der Waals surface area contributed by atoms with E-state index in [0.29, 0.717) is 23.4 Å². The lowest BCUT2D eigenvalue weighted by Crippen LogP contribution is -2.33. The first kappa shape index (κ1) is 22.3. The van der Waals surface area contributed by atoms with E-state index < -0.39 is 0 Å². The maximum atomic E-state index is 13.7. The van der Waals surface area contributed by atoms with Gasteiger partial charge >= 0.3 is 0 Å². The number of benzene rings is 3. The number of hydrogen-bond donors (Lipinski definition) is 1. The third kappa shape index (κ3) is 4.40. The van der Waals surface area contributed by atoms with E-state index in [-0.39, 0.29) is 17.5 Å². The number of amides is 2. The normalized spacial score (nSPS) is 13.6. The van der Waals surface area contributed by atoms with Crippen LogP contribution in [0, 0.1) is 13.8 Å². The van der Waals surface area contributed by atoms with Crippen LogP contribution in [0.25, 0.3) is 5.57 Å². The molecule has 0 saturated carbocycles. The van der Waals surface area contributed by atoms with E-state index in [1.807, 2.05) is 87.5 Å². The molecule has 0 fully saturated rings. The standard InChI is InChI=1S/C28H28N2O3/c1-5-20-9-13-22(14-10-20)29-26-25(21-11-15-23(16-12-21)33-6-2)27(31)30(28(26)32)24-17-18(3)7-8-19(24)4/h7-17,29H,5-6H2,1-4H3. The van der Waals surface area contributed by atoms with Gasteiger partial charge in [0.2, 0.25) is 0 Å². The van der Waals surface area contributed by atoms with Crippen LogP contribution in [-0.2, 0) is 16.0 Å². The largest absolute Gasteiger partial charge is 0.494 e. The predicted octanol–water partition coefficient (Wildman–Crippen LogP) is 5.66. The highest BCUT2D eigenvalue weighted by Gasteiger charge is 2.40. The number of hydrogen-bond acceptors (Lipinski definition) is 4. The van der Waals surface area contributed by atoms with Crippen molar-refractivity contribution in [3.05, 3.63) is 94.7 Å². The quantitative estimate of drug-likeness (QED) is 0.482. The zero-order valence-electron chi connectivity index (χ0n) is 19.4. The molecule has 0 atom stereocenters. The summed E-state index contributed by atoms with van der Waals surface area (Å²) in [4.78, 5) is 28.6. The van der Waals surface area contributed by atoms with Gasteiger partial charge in [-0.05, 0) is 79.8 Å². The van der Waals surface area contributed by atoms with Crippen molar-refractivity contribution in [1.29, 1.82) is 0 Å². The first-order valence-corrected chi connectivity index (χ1v) is 11.2. The lowest BCUT2D eigenvalue weighted by Gasteiger charge is -2.18. The summed E-state index contributed by atoms with van der Waals surface area (Å²) in [6.07, 6.45) is 0.929. The zero-order chi connectivity index (χ0) is 23.5. The van der Waals surface area contributed by atoms with Crippen LogP contribution in [0.3, 0.4) is 0 Å². The molecule has 0 aromatic heterocycles. The highest BCUT2D eigenvalue weighted by atomic mass is 16.5. The van der Waals surface area contributed by atoms with E-state index in [1.165, 1.54) is 10.5 Å². The Balaban J connectivity index is 1.80. The first-order chi connectivity index (χ1) is 15.9. The average Bonchev–Trinajstić information content (AvgIpc) is 3.06. The predicted molar refractivity (Wildman–Crippen MR) is 132 cm³/mol. The summed E-state index contributed by atoms with van der Waals surface area (Å²) in [6, 6.07) is 20.9. The summed E-state index contributed by atoms with van der Waals surface area (Å²) in [5, 5.41) is 3.23. The van der Waals surface area contributed by atoms with E-state index in [9.17, 15) is 9.59 Å². The van der Waals surface area contributed by atoms with Gasteiger partial charge in [0.25, 0.3) is 11.8 Å². The Morgan fingerprint density at radius 2 is 1.55 bits per heavy atom. The second kappa shape index (κ2) is 9.33. The molecule has 1 heterocycles. The number of anilines is 2. The number of nitrogens with one attached hydrogen (secondary N) is 1. The molecule has 3 aromatic rings. The fraction of sp³-hybridized carbons (Fsp3) is 0.214. The van der Waals surface area contributed by atoms with E-state index in [2.05, 4.69) is 12.2 Å². The second-order valence-electron chi connectivity index (χ2n) is 8.12. The topological polar surface area (TPSA) is 58.6 Å². The van der Waals surface area contributed by atoms with Gasteiger partial charge in [0.1, 0.15) is 11.4 Å². The molecule has 1 aliphatic rings. The minimum atomic E-state index is -0.364. The SMILES string of the molecule is CCOc1ccc(C2=C(Nc3ccc(CC)cc3)C(=O)N(c3cc(C)ccc3C)C2=O)cc1. The second-order valence-corrected chi connectivity index (χ2v) is 8.12. The van der Waals surface area contributed by atoms with Crippen LogP contribution in [0.4, 0.5) is 11.4 Å². The van der Waals surface area contributed by atoms with Crippen LogP contribution in [0.5, 0.6) is 5.75 Å². The Labute approximate surface area is 194 Å². The molecule has 33 heavy (non-hydrogen) atoms. The smallest absolute Gasteiger partial charge is 0.282 e. The summed E-state index contributed by atoms with van der Waals surface area (Å²) in [6.45, 7) is 8.42. The summed E-state index contributed by atoms with van der Waals surface area (Å²) in [7, 11) is 0. The highest BCUT2D eigenvalue weighted by Crippen LogP contribution is 2.36. The molecule has 0 aliphatic carbocycles. The molecule has 4 rings (SSSR count). The summed E-state index contributed by atoms with van der Waals surface area (Å²) in [5.41, 5.74) is 5.70. The van der Waals surface area contributed by atoms with Crippen LogP contribution in [-0.4, -0.2) is 18.4 Å². The molecule has 0 radical (unpaired) electrons. The monoisotopic (exact) mass is 440 g/mol. The van der Waals surface area contributed by atoms with Gasteiger partial charge in [-0.25, -0.2) is 4.90 Å². The minimum absolute atomic E-state index is 0.273. The van der Waals surface area contributed by atoms with Gasteiger partial charge in [0.15, 0.2) is 0 Å². The molecule has 0 unspecified atom stereocenters. The number of carbonyl (C=O) groups excluding carboxylic acids is 2. The lowest BCUT2D eigenvalue weighted by molar-refractivity contribution is -0.120. The van der Waals surface area contributed by atoms with Crippen molar-refractivity contribution in [1.82, 2.24) is 0 Å². The molecule has 0 spiro atoms. The van der Waals surface area contributed by atoms with Crippen molar-refractivity contribution in [2.24, 2.45) is 0 Å². The highest BCUT2D eigenvalue weighted by molar-refractivity contribution is 6.46. The number of imide groups is 1. The number of aryl methyl sites for hydroxylation is 3. The Kier molecular flexibility index (Phi) is 6.31. The molecular weight excluding hydrogens is 412 g/mol. The van der Waals surface area contributed by atoms with Crippen molar-refractivity contribution >= 4 is 28.8 Å². The molecule has 0 saturated heterocycles. The number of carbonyl (C=O) groups is 2. The Bertz CT molecular complexity index is 1230. The summed E-state index contributed by atoms with van der Waals surface area (Å²) in [5.74, 6) is 0.0114. The van der Waals surface area contributed by atoms with Crippen LogP contribution in [0.1, 0.15) is 36.1 Å². The van der Waals surface area contributed by atoms with Crippen molar-refractivity contribution in [3.8, 4) is 5.75 Å². The fourth-order valence-corrected chi connectivity index (χ4v) is 3.95. The van der Waals surface area contributed by atoms with E-state index in [1.54, 1.807) is 0 Å². The third-order valence-corrected chi connectivity index (χ3v) is 5.77. The molecule has 1 N–H and O–H groups in total. The van der Waals surface area contributed by atoms with E-state index in [4.69, 9.17) is 4.74 Å². The van der Waals surface area contributed by atoms with Gasteiger partial charge in [-0.3, -0.25) is 9.59 Å². The van der Waals surface area contributed by atoms with Gasteiger partial charge in [0.05, 0.1) is 17.9 Å². The van der Waals surface area contributed by atoms with Gasteiger partial charge in [-0.15, -0.1) is 0 Å². The summed E-state index contributed by atoms with van der Waals surface area (Å²) < 4.78 is 5.54. The van der Waals surface area contributed by atoms with Crippen LogP contribution in [0.2, 0.25) is 0 Å². The van der Waals surface area contributed by atoms with Crippen molar-refractivity contribution in [2.75, 3.05) is 16.8 Å². The molecular formula is C28H28N2O3.